The molecule has 1 heterocycles. The molecule has 1 atom stereocenters. The minimum absolute atomic E-state index is 0.539. The second-order valence-corrected chi connectivity index (χ2v) is 5.68. The average molecular weight is 307 g/mol. The number of pyridine rings is 1. The lowest BCUT2D eigenvalue weighted by Gasteiger charge is -2.27. The molecule has 0 radical (unpaired) electrons. The summed E-state index contributed by atoms with van der Waals surface area (Å²) in [6.45, 7) is 8.47. The van der Waals surface area contributed by atoms with Crippen molar-refractivity contribution in [2.24, 2.45) is 0 Å². The van der Waals surface area contributed by atoms with E-state index in [9.17, 15) is 0 Å². The quantitative estimate of drug-likeness (QED) is 0.734. The molecular weight excluding hydrogens is 284 g/mol. The number of hydrogen-bond acceptors (Lipinski definition) is 3. The topological polar surface area (TPSA) is 25.4 Å². The summed E-state index contributed by atoms with van der Waals surface area (Å²) in [5, 5.41) is 1.67. The van der Waals surface area contributed by atoms with E-state index in [0.717, 1.165) is 41.7 Å². The van der Waals surface area contributed by atoms with E-state index in [0.29, 0.717) is 11.2 Å². The van der Waals surface area contributed by atoms with Crippen LogP contribution in [0.25, 0.3) is 10.9 Å². The predicted octanol–water partition coefficient (Wildman–Crippen LogP) is 4.52. The van der Waals surface area contributed by atoms with Crippen molar-refractivity contribution in [1.29, 1.82) is 0 Å². The SMILES string of the molecule is CCC(C)N(CC)Cc1cc2ccc(OC)cc2nc1Cl. The van der Waals surface area contributed by atoms with Crippen LogP contribution in [0, 0.1) is 0 Å². The van der Waals surface area contributed by atoms with Gasteiger partial charge in [0.2, 0.25) is 0 Å². The molecule has 1 aromatic heterocycles. The third-order valence-electron chi connectivity index (χ3n) is 4.04. The highest BCUT2D eigenvalue weighted by atomic mass is 35.5. The number of hydrogen-bond donors (Lipinski definition) is 0. The molecule has 2 rings (SSSR count). The maximum absolute atomic E-state index is 6.37. The minimum atomic E-state index is 0.539. The molecule has 0 aliphatic heterocycles. The molecule has 0 N–H and O–H groups in total. The summed E-state index contributed by atoms with van der Waals surface area (Å²) in [5.74, 6) is 0.800. The monoisotopic (exact) mass is 306 g/mol. The summed E-state index contributed by atoms with van der Waals surface area (Å²) in [4.78, 5) is 6.93. The van der Waals surface area contributed by atoms with Gasteiger partial charge < -0.3 is 4.74 Å². The lowest BCUT2D eigenvalue weighted by Crippen LogP contribution is -2.32. The molecule has 2 aromatic rings. The Morgan fingerprint density at radius 2 is 2.05 bits per heavy atom. The van der Waals surface area contributed by atoms with E-state index >= 15 is 0 Å². The van der Waals surface area contributed by atoms with Crippen molar-refractivity contribution in [2.75, 3.05) is 13.7 Å². The zero-order valence-electron chi connectivity index (χ0n) is 13.2. The minimum Gasteiger partial charge on any atom is -0.497 e. The van der Waals surface area contributed by atoms with E-state index < -0.39 is 0 Å². The summed E-state index contributed by atoms with van der Waals surface area (Å²) in [6.07, 6.45) is 1.13. The number of nitrogens with zero attached hydrogens (tertiary/aromatic N) is 2. The van der Waals surface area contributed by atoms with Gasteiger partial charge in [-0.2, -0.15) is 0 Å². The van der Waals surface area contributed by atoms with Crippen LogP contribution in [0.15, 0.2) is 24.3 Å². The Bertz CT molecular complexity index is 615. The summed E-state index contributed by atoms with van der Waals surface area (Å²) in [5.41, 5.74) is 1.95. The smallest absolute Gasteiger partial charge is 0.134 e. The van der Waals surface area contributed by atoms with Gasteiger partial charge >= 0.3 is 0 Å². The molecule has 0 amide bonds. The fraction of sp³-hybridized carbons (Fsp3) is 0.471. The first-order valence-corrected chi connectivity index (χ1v) is 7.84. The Morgan fingerprint density at radius 3 is 2.67 bits per heavy atom. The Kier molecular flexibility index (Phi) is 5.43. The molecule has 1 unspecified atom stereocenters. The first kappa shape index (κ1) is 16.1. The lowest BCUT2D eigenvalue weighted by molar-refractivity contribution is 0.206. The van der Waals surface area contributed by atoms with Gasteiger partial charge in [-0.05, 0) is 38.1 Å². The molecule has 0 bridgehead atoms. The van der Waals surface area contributed by atoms with Crippen molar-refractivity contribution in [2.45, 2.75) is 39.8 Å². The van der Waals surface area contributed by atoms with E-state index in [1.807, 2.05) is 18.2 Å². The van der Waals surface area contributed by atoms with Gasteiger partial charge in [-0.1, -0.05) is 25.4 Å². The fourth-order valence-corrected chi connectivity index (χ4v) is 2.67. The van der Waals surface area contributed by atoms with Crippen LogP contribution in [-0.2, 0) is 6.54 Å². The van der Waals surface area contributed by atoms with Crippen LogP contribution in [0.2, 0.25) is 5.15 Å². The number of methoxy groups -OCH3 is 1. The predicted molar refractivity (Wildman–Crippen MR) is 89.1 cm³/mol. The highest BCUT2D eigenvalue weighted by molar-refractivity contribution is 6.30. The van der Waals surface area contributed by atoms with E-state index in [1.165, 1.54) is 0 Å². The molecular formula is C17H23ClN2O. The Labute approximate surface area is 131 Å². The number of halogens is 1. The third kappa shape index (κ3) is 3.66. The molecule has 0 saturated carbocycles. The van der Waals surface area contributed by atoms with Gasteiger partial charge in [-0.3, -0.25) is 4.90 Å². The van der Waals surface area contributed by atoms with E-state index in [1.54, 1.807) is 7.11 Å². The molecule has 114 valence electrons. The van der Waals surface area contributed by atoms with E-state index in [2.05, 4.69) is 36.7 Å². The molecule has 0 aliphatic rings. The van der Waals surface area contributed by atoms with E-state index in [-0.39, 0.29) is 0 Å². The summed E-state index contributed by atoms with van der Waals surface area (Å²) < 4.78 is 5.23. The number of fused-ring (bicyclic) bond motifs is 1. The zero-order valence-corrected chi connectivity index (χ0v) is 13.9. The van der Waals surface area contributed by atoms with Crippen LogP contribution in [0.3, 0.4) is 0 Å². The molecule has 0 spiro atoms. The maximum atomic E-state index is 6.37. The highest BCUT2D eigenvalue weighted by Gasteiger charge is 2.14. The average Bonchev–Trinajstić information content (AvgIpc) is 2.51. The van der Waals surface area contributed by atoms with Gasteiger partial charge in [0.15, 0.2) is 0 Å². The van der Waals surface area contributed by atoms with Crippen LogP contribution in [0.5, 0.6) is 5.75 Å². The first-order valence-electron chi connectivity index (χ1n) is 7.46. The van der Waals surface area contributed by atoms with E-state index in [4.69, 9.17) is 16.3 Å². The summed E-state index contributed by atoms with van der Waals surface area (Å²) >= 11 is 6.37. The van der Waals surface area contributed by atoms with Crippen molar-refractivity contribution in [1.82, 2.24) is 9.88 Å². The van der Waals surface area contributed by atoms with Crippen LogP contribution in [0.1, 0.15) is 32.8 Å². The largest absolute Gasteiger partial charge is 0.497 e. The summed E-state index contributed by atoms with van der Waals surface area (Å²) in [7, 11) is 1.66. The van der Waals surface area contributed by atoms with Gasteiger partial charge in [0, 0.05) is 29.6 Å². The van der Waals surface area contributed by atoms with Crippen molar-refractivity contribution in [3.05, 3.63) is 35.0 Å². The number of aromatic nitrogens is 1. The molecule has 21 heavy (non-hydrogen) atoms. The number of ether oxygens (including phenoxy) is 1. The normalized spacial score (nSPS) is 12.9. The highest BCUT2D eigenvalue weighted by Crippen LogP contribution is 2.25. The van der Waals surface area contributed by atoms with Gasteiger partial charge in [0.1, 0.15) is 10.9 Å². The van der Waals surface area contributed by atoms with Crippen LogP contribution in [0.4, 0.5) is 0 Å². The lowest BCUT2D eigenvalue weighted by atomic mass is 10.1. The molecule has 0 aliphatic carbocycles. The molecule has 3 nitrogen and oxygen atoms in total. The first-order chi connectivity index (χ1) is 10.1. The summed E-state index contributed by atoms with van der Waals surface area (Å²) in [6, 6.07) is 8.57. The maximum Gasteiger partial charge on any atom is 0.134 e. The van der Waals surface area contributed by atoms with Crippen LogP contribution >= 0.6 is 11.6 Å². The number of benzene rings is 1. The van der Waals surface area contributed by atoms with Gasteiger partial charge in [-0.15, -0.1) is 0 Å². The Hall–Kier alpha value is -1.32. The van der Waals surface area contributed by atoms with Crippen molar-refractivity contribution >= 4 is 22.5 Å². The fourth-order valence-electron chi connectivity index (χ4n) is 2.46. The second kappa shape index (κ2) is 7.10. The van der Waals surface area contributed by atoms with Crippen LogP contribution < -0.4 is 4.74 Å². The molecule has 0 saturated heterocycles. The van der Waals surface area contributed by atoms with Gasteiger partial charge in [0.05, 0.1) is 12.6 Å². The molecule has 0 fully saturated rings. The van der Waals surface area contributed by atoms with Gasteiger partial charge in [0.25, 0.3) is 0 Å². The molecule has 1 aromatic carbocycles. The van der Waals surface area contributed by atoms with Gasteiger partial charge in [-0.25, -0.2) is 4.98 Å². The van der Waals surface area contributed by atoms with Crippen molar-refractivity contribution in [3.8, 4) is 5.75 Å². The Morgan fingerprint density at radius 1 is 1.29 bits per heavy atom. The number of rotatable bonds is 6. The van der Waals surface area contributed by atoms with Crippen molar-refractivity contribution in [3.63, 3.8) is 0 Å². The Balaban J connectivity index is 2.34. The standard InChI is InChI=1S/C17H23ClN2O/c1-5-12(3)20(6-2)11-14-9-13-7-8-15(21-4)10-16(13)19-17(14)18/h7-10,12H,5-6,11H2,1-4H3. The van der Waals surface area contributed by atoms with Crippen molar-refractivity contribution < 1.29 is 4.74 Å². The second-order valence-electron chi connectivity index (χ2n) is 5.32. The van der Waals surface area contributed by atoms with Crippen LogP contribution in [-0.4, -0.2) is 29.6 Å². The zero-order chi connectivity index (χ0) is 15.4. The molecule has 4 heteroatoms. The third-order valence-corrected chi connectivity index (χ3v) is 4.37.